The smallest absolute Gasteiger partial charge is 0.189 e. The van der Waals surface area contributed by atoms with Crippen molar-refractivity contribution in [2.24, 2.45) is 5.10 Å². The number of aryl methyl sites for hydroxylation is 1. The van der Waals surface area contributed by atoms with Gasteiger partial charge in [0.1, 0.15) is 11.4 Å². The fraction of sp³-hybridized carbons (Fsp3) is 0.350. The number of hydrogen-bond acceptors (Lipinski definition) is 5. The van der Waals surface area contributed by atoms with Gasteiger partial charge in [-0.2, -0.15) is 5.10 Å². The summed E-state index contributed by atoms with van der Waals surface area (Å²) in [6.45, 7) is 6.42. The number of benzene rings is 1. The average Bonchev–Trinajstić information content (AvgIpc) is 2.72. The number of aromatic nitrogens is 1. The second-order valence-electron chi connectivity index (χ2n) is 6.68. The van der Waals surface area contributed by atoms with E-state index in [0.29, 0.717) is 11.7 Å². The Hall–Kier alpha value is -2.67. The zero-order valence-electron chi connectivity index (χ0n) is 15.4. The molecule has 0 radical (unpaired) electrons. The van der Waals surface area contributed by atoms with Crippen LogP contribution in [0.15, 0.2) is 47.7 Å². The minimum Gasteiger partial charge on any atom is -0.491 e. The van der Waals surface area contributed by atoms with Crippen molar-refractivity contribution < 1.29 is 4.74 Å². The molecule has 1 fully saturated rings. The van der Waals surface area contributed by atoms with Gasteiger partial charge >= 0.3 is 0 Å². The Bertz CT molecular complexity index is 861. The summed E-state index contributed by atoms with van der Waals surface area (Å²) in [6, 6.07) is 12.3. The van der Waals surface area contributed by atoms with Crippen molar-refractivity contribution in [1.29, 1.82) is 0 Å². The predicted octanol–water partition coefficient (Wildman–Crippen LogP) is 2.57. The highest BCUT2D eigenvalue weighted by Gasteiger charge is 2.21. The number of pyridine rings is 1. The van der Waals surface area contributed by atoms with Crippen LogP contribution in [-0.2, 0) is 0 Å². The molecule has 2 aromatic rings. The lowest BCUT2D eigenvalue weighted by Gasteiger charge is -2.37. The van der Waals surface area contributed by atoms with Crippen molar-refractivity contribution in [3.05, 3.63) is 53.9 Å². The number of nitrogens with one attached hydrogen (secondary N) is 1. The molecule has 1 N–H and O–H groups in total. The van der Waals surface area contributed by atoms with Crippen molar-refractivity contribution in [3.8, 4) is 5.75 Å². The van der Waals surface area contributed by atoms with Crippen LogP contribution in [0.5, 0.6) is 5.75 Å². The number of thiocarbonyl (C=S) groups is 1. The lowest BCUT2D eigenvalue weighted by atomic mass is 10.1. The van der Waals surface area contributed by atoms with Crippen LogP contribution in [0.1, 0.15) is 17.7 Å². The maximum atomic E-state index is 5.62. The van der Waals surface area contributed by atoms with Crippen molar-refractivity contribution in [2.45, 2.75) is 13.3 Å². The second kappa shape index (κ2) is 7.92. The van der Waals surface area contributed by atoms with E-state index in [1.165, 1.54) is 11.3 Å². The van der Waals surface area contributed by atoms with Gasteiger partial charge in [0, 0.05) is 44.5 Å². The summed E-state index contributed by atoms with van der Waals surface area (Å²) in [5.74, 6) is 0.780. The summed E-state index contributed by atoms with van der Waals surface area (Å²) < 4.78 is 5.62. The molecule has 1 saturated heterocycles. The Morgan fingerprint density at radius 1 is 1.15 bits per heavy atom. The molecular weight excluding hydrogens is 358 g/mol. The third-order valence-electron chi connectivity index (χ3n) is 4.95. The Kier molecular flexibility index (Phi) is 5.20. The first-order valence-electron chi connectivity index (χ1n) is 9.22. The van der Waals surface area contributed by atoms with Gasteiger partial charge in [0.15, 0.2) is 5.11 Å². The molecule has 0 atom stereocenters. The molecule has 0 saturated carbocycles. The SMILES string of the molecule is Cc1ccccc1N1CCN(C(=S)N/N=C2/CCOc3cccnc32)CC1. The number of rotatable bonds is 2. The minimum atomic E-state index is 0.612. The number of hydrazone groups is 1. The van der Waals surface area contributed by atoms with Gasteiger partial charge in [0.2, 0.25) is 0 Å². The number of fused-ring (bicyclic) bond motifs is 1. The van der Waals surface area contributed by atoms with Gasteiger partial charge in [0.25, 0.3) is 0 Å². The van der Waals surface area contributed by atoms with Crippen molar-refractivity contribution >= 4 is 28.7 Å². The maximum Gasteiger partial charge on any atom is 0.189 e. The first-order chi connectivity index (χ1) is 13.2. The molecular formula is C20H23N5OS. The van der Waals surface area contributed by atoms with Gasteiger partial charge in [-0.15, -0.1) is 0 Å². The number of ether oxygens (including phenoxy) is 1. The molecule has 0 unspecified atom stereocenters. The largest absolute Gasteiger partial charge is 0.491 e. The summed E-state index contributed by atoms with van der Waals surface area (Å²) >= 11 is 5.56. The van der Waals surface area contributed by atoms with Gasteiger partial charge in [-0.25, -0.2) is 0 Å². The van der Waals surface area contributed by atoms with Gasteiger partial charge in [-0.05, 0) is 42.9 Å². The van der Waals surface area contributed by atoms with E-state index in [1.807, 2.05) is 12.1 Å². The van der Waals surface area contributed by atoms with E-state index in [0.717, 1.165) is 49.8 Å². The van der Waals surface area contributed by atoms with Gasteiger partial charge in [0.05, 0.1) is 12.3 Å². The zero-order valence-corrected chi connectivity index (χ0v) is 16.2. The van der Waals surface area contributed by atoms with Gasteiger partial charge in [-0.1, -0.05) is 18.2 Å². The first kappa shape index (κ1) is 17.7. The van der Waals surface area contributed by atoms with Crippen LogP contribution in [0.2, 0.25) is 0 Å². The summed E-state index contributed by atoms with van der Waals surface area (Å²) in [7, 11) is 0. The molecule has 3 heterocycles. The topological polar surface area (TPSA) is 53.0 Å². The Morgan fingerprint density at radius 3 is 2.78 bits per heavy atom. The van der Waals surface area contributed by atoms with Crippen LogP contribution in [0.25, 0.3) is 0 Å². The summed E-state index contributed by atoms with van der Waals surface area (Å²) in [4.78, 5) is 8.97. The lowest BCUT2D eigenvalue weighted by Crippen LogP contribution is -2.51. The zero-order chi connectivity index (χ0) is 18.6. The molecule has 1 aromatic carbocycles. The molecule has 1 aromatic heterocycles. The highest BCUT2D eigenvalue weighted by atomic mass is 32.1. The average molecular weight is 382 g/mol. The number of hydrogen-bond donors (Lipinski definition) is 1. The number of piperazine rings is 1. The molecule has 0 aliphatic carbocycles. The number of para-hydroxylation sites is 1. The molecule has 7 heteroatoms. The number of nitrogens with zero attached hydrogens (tertiary/aromatic N) is 4. The van der Waals surface area contributed by atoms with Crippen LogP contribution in [0.4, 0.5) is 5.69 Å². The van der Waals surface area contributed by atoms with Gasteiger partial charge < -0.3 is 14.5 Å². The normalized spacial score (nSPS) is 18.0. The van der Waals surface area contributed by atoms with Crippen LogP contribution in [0, 0.1) is 6.92 Å². The highest BCUT2D eigenvalue weighted by molar-refractivity contribution is 7.80. The van der Waals surface area contributed by atoms with Crippen LogP contribution >= 0.6 is 12.2 Å². The molecule has 0 bridgehead atoms. The molecule has 4 rings (SSSR count). The third-order valence-corrected chi connectivity index (χ3v) is 5.30. The molecule has 0 spiro atoms. The van der Waals surface area contributed by atoms with E-state index in [9.17, 15) is 0 Å². The standard InChI is InChI=1S/C20H23N5OS/c1-15-5-2-3-6-17(15)24-10-12-25(13-11-24)20(27)23-22-16-8-14-26-18-7-4-9-21-19(16)18/h2-7,9H,8,10-14H2,1H3,(H,23,27)/b22-16-. The molecule has 140 valence electrons. The van der Waals surface area contributed by atoms with Crippen molar-refractivity contribution in [1.82, 2.24) is 15.3 Å². The fourth-order valence-corrected chi connectivity index (χ4v) is 3.69. The van der Waals surface area contributed by atoms with E-state index in [1.54, 1.807) is 6.20 Å². The van der Waals surface area contributed by atoms with E-state index in [4.69, 9.17) is 17.0 Å². The quantitative estimate of drug-likeness (QED) is 0.637. The van der Waals surface area contributed by atoms with E-state index in [-0.39, 0.29) is 0 Å². The predicted molar refractivity (Wildman–Crippen MR) is 112 cm³/mol. The molecule has 6 nitrogen and oxygen atoms in total. The molecule has 2 aliphatic heterocycles. The summed E-state index contributed by atoms with van der Waals surface area (Å²) in [5, 5.41) is 5.18. The fourth-order valence-electron chi connectivity index (χ4n) is 3.46. The van der Waals surface area contributed by atoms with Crippen LogP contribution in [-0.4, -0.2) is 53.5 Å². The van der Waals surface area contributed by atoms with Crippen LogP contribution in [0.3, 0.4) is 0 Å². The van der Waals surface area contributed by atoms with Crippen molar-refractivity contribution in [2.75, 3.05) is 37.7 Å². The molecule has 0 amide bonds. The Balaban J connectivity index is 1.36. The molecule has 2 aliphatic rings. The first-order valence-corrected chi connectivity index (χ1v) is 9.63. The second-order valence-corrected chi connectivity index (χ2v) is 7.07. The highest BCUT2D eigenvalue weighted by Crippen LogP contribution is 2.22. The minimum absolute atomic E-state index is 0.612. The molecule has 27 heavy (non-hydrogen) atoms. The van der Waals surface area contributed by atoms with E-state index >= 15 is 0 Å². The van der Waals surface area contributed by atoms with Crippen molar-refractivity contribution in [3.63, 3.8) is 0 Å². The van der Waals surface area contributed by atoms with E-state index < -0.39 is 0 Å². The monoisotopic (exact) mass is 381 g/mol. The number of anilines is 1. The maximum absolute atomic E-state index is 5.62. The van der Waals surface area contributed by atoms with Gasteiger partial charge in [-0.3, -0.25) is 10.4 Å². The van der Waals surface area contributed by atoms with Crippen LogP contribution < -0.4 is 15.1 Å². The van der Waals surface area contributed by atoms with E-state index in [2.05, 4.69) is 56.5 Å². The Morgan fingerprint density at radius 2 is 1.96 bits per heavy atom. The summed E-state index contributed by atoms with van der Waals surface area (Å²) in [5.41, 5.74) is 7.36. The summed E-state index contributed by atoms with van der Waals surface area (Å²) in [6.07, 6.45) is 2.48. The third kappa shape index (κ3) is 3.88. The Labute approximate surface area is 164 Å². The lowest BCUT2D eigenvalue weighted by molar-refractivity contribution is 0.318.